The molecule has 2 aromatic rings. The fourth-order valence-corrected chi connectivity index (χ4v) is 3.63. The molecule has 1 unspecified atom stereocenters. The van der Waals surface area contributed by atoms with Gasteiger partial charge in [0.05, 0.1) is 11.6 Å². The van der Waals surface area contributed by atoms with Crippen LogP contribution < -0.4 is 0 Å². The van der Waals surface area contributed by atoms with E-state index >= 15 is 0 Å². The Morgan fingerprint density at radius 3 is 2.90 bits per heavy atom. The molecule has 1 aromatic heterocycles. The first-order chi connectivity index (χ1) is 9.54. The van der Waals surface area contributed by atoms with Crippen molar-refractivity contribution in [3.63, 3.8) is 0 Å². The number of aromatic nitrogens is 1. The van der Waals surface area contributed by atoms with E-state index in [0.29, 0.717) is 22.7 Å². The zero-order valence-electron chi connectivity index (χ0n) is 10.5. The number of fused-ring (bicyclic) bond motifs is 1. The van der Waals surface area contributed by atoms with Crippen LogP contribution in [0.3, 0.4) is 0 Å². The van der Waals surface area contributed by atoms with Crippen molar-refractivity contribution in [2.75, 3.05) is 0 Å². The molecule has 1 aliphatic carbocycles. The van der Waals surface area contributed by atoms with Gasteiger partial charge in [0.15, 0.2) is 0 Å². The number of aliphatic carboxylic acids is 1. The van der Waals surface area contributed by atoms with Gasteiger partial charge in [-0.05, 0) is 31.4 Å². The van der Waals surface area contributed by atoms with Gasteiger partial charge in [-0.3, -0.25) is 4.79 Å². The molecule has 0 radical (unpaired) electrons. The Hall–Kier alpha value is -1.95. The second kappa shape index (κ2) is 4.86. The number of phenolic OH excluding ortho intramolecular Hbond substituents is 1. The number of carboxylic acids is 1. The Kier molecular flexibility index (Phi) is 3.17. The Bertz CT molecular complexity index is 663. The number of nitrogens with zero attached hydrogens (tertiary/aromatic N) is 1. The van der Waals surface area contributed by atoms with E-state index in [1.165, 1.54) is 23.5 Å². The number of thiazole rings is 1. The molecule has 1 atom stereocenters. The highest BCUT2D eigenvalue weighted by Crippen LogP contribution is 2.39. The molecule has 6 heteroatoms. The van der Waals surface area contributed by atoms with Gasteiger partial charge in [-0.25, -0.2) is 9.37 Å². The van der Waals surface area contributed by atoms with Crippen LogP contribution in [0.15, 0.2) is 18.2 Å². The average Bonchev–Trinajstić information content (AvgIpc) is 2.80. The molecule has 0 amide bonds. The largest absolute Gasteiger partial charge is 0.508 e. The zero-order chi connectivity index (χ0) is 14.3. The molecule has 3 rings (SSSR count). The van der Waals surface area contributed by atoms with Crippen LogP contribution in [0.25, 0.3) is 10.6 Å². The molecule has 1 aromatic carbocycles. The summed E-state index contributed by atoms with van der Waals surface area (Å²) in [6.45, 7) is 0. The third-order valence-corrected chi connectivity index (χ3v) is 4.56. The normalized spacial score (nSPS) is 17.8. The summed E-state index contributed by atoms with van der Waals surface area (Å²) in [6.07, 6.45) is 2.21. The second-order valence-electron chi connectivity index (χ2n) is 4.81. The minimum absolute atomic E-state index is 0.164. The predicted molar refractivity (Wildman–Crippen MR) is 72.5 cm³/mol. The number of phenols is 1. The molecule has 0 bridgehead atoms. The summed E-state index contributed by atoms with van der Waals surface area (Å²) in [5.74, 6) is -2.15. The van der Waals surface area contributed by atoms with E-state index in [4.69, 9.17) is 0 Å². The molecule has 4 nitrogen and oxygen atoms in total. The van der Waals surface area contributed by atoms with Crippen molar-refractivity contribution >= 4 is 17.3 Å². The first-order valence-corrected chi connectivity index (χ1v) is 7.08. The van der Waals surface area contributed by atoms with Crippen LogP contribution in [0, 0.1) is 5.82 Å². The summed E-state index contributed by atoms with van der Waals surface area (Å²) in [5, 5.41) is 19.2. The molecule has 104 valence electrons. The van der Waals surface area contributed by atoms with E-state index in [0.717, 1.165) is 23.8 Å². The average molecular weight is 293 g/mol. The van der Waals surface area contributed by atoms with Gasteiger partial charge in [0, 0.05) is 16.5 Å². The summed E-state index contributed by atoms with van der Waals surface area (Å²) in [4.78, 5) is 16.5. The highest BCUT2D eigenvalue weighted by Gasteiger charge is 2.30. The Balaban J connectivity index is 2.06. The van der Waals surface area contributed by atoms with Gasteiger partial charge < -0.3 is 10.2 Å². The topological polar surface area (TPSA) is 70.4 Å². The lowest BCUT2D eigenvalue weighted by molar-refractivity contribution is -0.139. The molecular formula is C14H12FNO3S. The lowest BCUT2D eigenvalue weighted by Gasteiger charge is -2.16. The van der Waals surface area contributed by atoms with E-state index in [9.17, 15) is 19.4 Å². The number of rotatable bonds is 2. The zero-order valence-corrected chi connectivity index (χ0v) is 11.3. The predicted octanol–water partition coefficient (Wildman–Crippen LogP) is 3.16. The number of benzene rings is 1. The molecule has 2 N–H and O–H groups in total. The Labute approximate surface area is 118 Å². The van der Waals surface area contributed by atoms with Crippen LogP contribution in [0.2, 0.25) is 0 Å². The summed E-state index contributed by atoms with van der Waals surface area (Å²) in [6, 6.07) is 3.75. The maximum absolute atomic E-state index is 13.3. The van der Waals surface area contributed by atoms with E-state index in [2.05, 4.69) is 4.98 Å². The number of carboxylic acid groups (broad SMARTS) is 1. The van der Waals surface area contributed by atoms with Crippen molar-refractivity contribution in [3.8, 4) is 16.3 Å². The Morgan fingerprint density at radius 1 is 1.40 bits per heavy atom. The summed E-state index contributed by atoms with van der Waals surface area (Å²) in [7, 11) is 0. The van der Waals surface area contributed by atoms with Crippen LogP contribution in [0.5, 0.6) is 5.75 Å². The van der Waals surface area contributed by atoms with Gasteiger partial charge in [-0.15, -0.1) is 11.3 Å². The minimum Gasteiger partial charge on any atom is -0.508 e. The van der Waals surface area contributed by atoms with Crippen LogP contribution in [-0.4, -0.2) is 21.2 Å². The highest BCUT2D eigenvalue weighted by molar-refractivity contribution is 7.15. The van der Waals surface area contributed by atoms with E-state index in [1.807, 2.05) is 0 Å². The van der Waals surface area contributed by atoms with Crippen molar-refractivity contribution in [1.82, 2.24) is 4.98 Å². The Morgan fingerprint density at radius 2 is 2.20 bits per heavy atom. The molecule has 1 aliphatic rings. The van der Waals surface area contributed by atoms with E-state index < -0.39 is 17.7 Å². The quantitative estimate of drug-likeness (QED) is 0.892. The smallest absolute Gasteiger partial charge is 0.312 e. The number of carbonyl (C=O) groups is 1. The fourth-order valence-electron chi connectivity index (χ4n) is 2.48. The molecule has 0 saturated heterocycles. The van der Waals surface area contributed by atoms with Gasteiger partial charge in [0.1, 0.15) is 16.6 Å². The summed E-state index contributed by atoms with van der Waals surface area (Å²) < 4.78 is 13.3. The molecule has 0 saturated carbocycles. The maximum Gasteiger partial charge on any atom is 0.312 e. The third-order valence-electron chi connectivity index (χ3n) is 3.38. The molecule has 20 heavy (non-hydrogen) atoms. The van der Waals surface area contributed by atoms with Gasteiger partial charge >= 0.3 is 5.97 Å². The number of hydrogen-bond acceptors (Lipinski definition) is 4. The summed E-state index contributed by atoms with van der Waals surface area (Å²) >= 11 is 1.37. The summed E-state index contributed by atoms with van der Waals surface area (Å²) in [5.41, 5.74) is 1.07. The van der Waals surface area contributed by atoms with E-state index in [-0.39, 0.29) is 5.75 Å². The molecule has 0 fully saturated rings. The molecule has 0 spiro atoms. The monoisotopic (exact) mass is 293 g/mol. The first-order valence-electron chi connectivity index (χ1n) is 6.27. The van der Waals surface area contributed by atoms with Crippen LogP contribution in [0.1, 0.15) is 29.3 Å². The second-order valence-corrected chi connectivity index (χ2v) is 5.89. The molecule has 1 heterocycles. The molecular weight excluding hydrogens is 281 g/mol. The first kappa shape index (κ1) is 13.1. The highest BCUT2D eigenvalue weighted by atomic mass is 32.1. The number of halogens is 1. The van der Waals surface area contributed by atoms with Crippen molar-refractivity contribution in [1.29, 1.82) is 0 Å². The van der Waals surface area contributed by atoms with Crippen LogP contribution in [0.4, 0.5) is 4.39 Å². The molecule has 0 aliphatic heterocycles. The van der Waals surface area contributed by atoms with Gasteiger partial charge in [-0.2, -0.15) is 0 Å². The van der Waals surface area contributed by atoms with Crippen molar-refractivity contribution < 1.29 is 19.4 Å². The van der Waals surface area contributed by atoms with Crippen molar-refractivity contribution in [2.45, 2.75) is 25.2 Å². The van der Waals surface area contributed by atoms with E-state index in [1.54, 1.807) is 0 Å². The SMILES string of the molecule is O=C(O)C1CCCc2sc(-c3cc(O)cc(F)c3)nc21. The van der Waals surface area contributed by atoms with Crippen molar-refractivity contribution in [3.05, 3.63) is 34.6 Å². The van der Waals surface area contributed by atoms with Gasteiger partial charge in [-0.1, -0.05) is 0 Å². The number of aromatic hydroxyl groups is 1. The lowest BCUT2D eigenvalue weighted by atomic mass is 9.91. The van der Waals surface area contributed by atoms with Crippen molar-refractivity contribution in [2.24, 2.45) is 0 Å². The number of hydrogen-bond donors (Lipinski definition) is 2. The van der Waals surface area contributed by atoms with Crippen LogP contribution in [-0.2, 0) is 11.2 Å². The standard InChI is InChI=1S/C14H12FNO3S/c15-8-4-7(5-9(17)6-8)13-16-12-10(14(18)19)2-1-3-11(12)20-13/h4-6,10,17H,1-3H2,(H,18,19). The maximum atomic E-state index is 13.3. The third kappa shape index (κ3) is 2.27. The van der Waals surface area contributed by atoms with Gasteiger partial charge in [0.2, 0.25) is 0 Å². The number of aryl methyl sites for hydroxylation is 1. The van der Waals surface area contributed by atoms with Crippen LogP contribution >= 0.6 is 11.3 Å². The fraction of sp³-hybridized carbons (Fsp3) is 0.286. The van der Waals surface area contributed by atoms with Gasteiger partial charge in [0.25, 0.3) is 0 Å². The minimum atomic E-state index is -0.870. The lowest BCUT2D eigenvalue weighted by Crippen LogP contribution is -2.17.